The van der Waals surface area contributed by atoms with Crippen molar-refractivity contribution in [2.45, 2.75) is 37.3 Å². The first kappa shape index (κ1) is 17.4. The number of rotatable bonds is 2. The van der Waals surface area contributed by atoms with Gasteiger partial charge in [-0.3, -0.25) is 0 Å². The molecule has 1 aliphatic carbocycles. The SMILES string of the molecule is O=C(N[C@H]1CC[C@](O)(C#Cc2cccc(Cl)c2)CC1)Oc1ccoc1. The molecular formula is C19H18ClNO4. The highest BCUT2D eigenvalue weighted by molar-refractivity contribution is 6.30. The number of hydrogen-bond donors (Lipinski definition) is 2. The van der Waals surface area contributed by atoms with Crippen LogP contribution < -0.4 is 10.1 Å². The van der Waals surface area contributed by atoms with Gasteiger partial charge in [-0.25, -0.2) is 4.79 Å². The first-order valence-corrected chi connectivity index (χ1v) is 8.42. The normalized spacial score (nSPS) is 22.6. The van der Waals surface area contributed by atoms with Crippen molar-refractivity contribution in [2.24, 2.45) is 0 Å². The number of nitrogens with one attached hydrogen (secondary N) is 1. The van der Waals surface area contributed by atoms with Crippen LogP contribution in [-0.2, 0) is 0 Å². The molecule has 1 aromatic heterocycles. The average molecular weight is 360 g/mol. The van der Waals surface area contributed by atoms with Gasteiger partial charge in [0.25, 0.3) is 0 Å². The summed E-state index contributed by atoms with van der Waals surface area (Å²) in [5.41, 5.74) is -0.278. The summed E-state index contributed by atoms with van der Waals surface area (Å²) in [5, 5.41) is 14.0. The number of furan rings is 1. The number of aliphatic hydroxyl groups is 1. The highest BCUT2D eigenvalue weighted by Crippen LogP contribution is 2.28. The molecule has 5 nitrogen and oxygen atoms in total. The summed E-state index contributed by atoms with van der Waals surface area (Å²) in [7, 11) is 0. The topological polar surface area (TPSA) is 71.7 Å². The van der Waals surface area contributed by atoms with Crippen molar-refractivity contribution in [1.82, 2.24) is 5.32 Å². The van der Waals surface area contributed by atoms with Crippen LogP contribution in [0.2, 0.25) is 5.02 Å². The monoisotopic (exact) mass is 359 g/mol. The molecule has 2 N–H and O–H groups in total. The van der Waals surface area contributed by atoms with E-state index in [4.69, 9.17) is 20.8 Å². The molecule has 0 bridgehead atoms. The van der Waals surface area contributed by atoms with Crippen molar-refractivity contribution in [2.75, 3.05) is 0 Å². The molecule has 0 radical (unpaired) electrons. The van der Waals surface area contributed by atoms with Crippen LogP contribution in [0.3, 0.4) is 0 Å². The molecule has 1 heterocycles. The van der Waals surface area contributed by atoms with Gasteiger partial charge >= 0.3 is 6.09 Å². The number of carbonyl (C=O) groups is 1. The summed E-state index contributed by atoms with van der Waals surface area (Å²) in [5.74, 6) is 6.27. The Bertz CT molecular complexity index is 783. The zero-order chi connectivity index (χ0) is 17.7. The van der Waals surface area contributed by atoms with Crippen LogP contribution in [0.5, 0.6) is 5.75 Å². The minimum Gasteiger partial charge on any atom is -0.469 e. The van der Waals surface area contributed by atoms with E-state index in [0.717, 1.165) is 5.56 Å². The van der Waals surface area contributed by atoms with Crippen LogP contribution in [0.1, 0.15) is 31.2 Å². The molecule has 130 valence electrons. The van der Waals surface area contributed by atoms with Crippen LogP contribution in [0, 0.1) is 11.8 Å². The van der Waals surface area contributed by atoms with Crippen molar-refractivity contribution >= 4 is 17.7 Å². The lowest BCUT2D eigenvalue weighted by Gasteiger charge is -2.32. The average Bonchev–Trinajstić information content (AvgIpc) is 3.08. The third-order valence-corrected chi connectivity index (χ3v) is 4.34. The molecule has 1 fully saturated rings. The third-order valence-electron chi connectivity index (χ3n) is 4.10. The summed E-state index contributed by atoms with van der Waals surface area (Å²) in [6.45, 7) is 0. The first-order chi connectivity index (χ1) is 12.0. The van der Waals surface area contributed by atoms with Gasteiger partial charge in [0, 0.05) is 22.7 Å². The minimum atomic E-state index is -1.05. The molecule has 1 amide bonds. The Balaban J connectivity index is 1.51. The smallest absolute Gasteiger partial charge is 0.412 e. The van der Waals surface area contributed by atoms with E-state index >= 15 is 0 Å². The highest BCUT2D eigenvalue weighted by Gasteiger charge is 2.32. The second-order valence-electron chi connectivity index (χ2n) is 6.06. The van der Waals surface area contributed by atoms with E-state index in [1.54, 1.807) is 18.2 Å². The predicted molar refractivity (Wildman–Crippen MR) is 93.4 cm³/mol. The number of hydrogen-bond acceptors (Lipinski definition) is 4. The van der Waals surface area contributed by atoms with Gasteiger partial charge in [0.15, 0.2) is 5.75 Å². The molecule has 1 aromatic carbocycles. The summed E-state index contributed by atoms with van der Waals surface area (Å²) < 4.78 is 9.92. The molecule has 2 aromatic rings. The number of benzene rings is 1. The molecule has 6 heteroatoms. The fraction of sp³-hybridized carbons (Fsp3) is 0.316. The van der Waals surface area contributed by atoms with Gasteiger partial charge in [0.1, 0.15) is 11.9 Å². The Morgan fingerprint density at radius 1 is 1.36 bits per heavy atom. The standard InChI is InChI=1S/C19H18ClNO4/c20-15-3-1-2-14(12-15)4-8-19(23)9-5-16(6-10-19)21-18(22)25-17-7-11-24-13-17/h1-3,7,11-13,16,23H,5-6,9-10H2,(H,21,22)/t16-,19+. The number of amides is 1. The van der Waals surface area contributed by atoms with Crippen LogP contribution in [-0.4, -0.2) is 22.8 Å². The van der Waals surface area contributed by atoms with E-state index in [0.29, 0.717) is 36.5 Å². The second kappa shape index (κ2) is 7.64. The molecule has 25 heavy (non-hydrogen) atoms. The van der Waals surface area contributed by atoms with Crippen molar-refractivity contribution in [3.05, 3.63) is 53.4 Å². The Morgan fingerprint density at radius 2 is 2.16 bits per heavy atom. The molecule has 1 saturated carbocycles. The molecule has 0 unspecified atom stereocenters. The van der Waals surface area contributed by atoms with Crippen molar-refractivity contribution in [3.63, 3.8) is 0 Å². The summed E-state index contributed by atoms with van der Waals surface area (Å²) in [6, 6.07) is 8.72. The zero-order valence-electron chi connectivity index (χ0n) is 13.5. The summed E-state index contributed by atoms with van der Waals surface area (Å²) >= 11 is 5.93. The van der Waals surface area contributed by atoms with E-state index in [-0.39, 0.29) is 6.04 Å². The molecule has 1 aliphatic rings. The molecule has 3 rings (SSSR count). The van der Waals surface area contributed by atoms with Gasteiger partial charge in [-0.15, -0.1) is 0 Å². The van der Waals surface area contributed by atoms with Gasteiger partial charge < -0.3 is 19.6 Å². The van der Waals surface area contributed by atoms with Crippen molar-refractivity contribution in [3.8, 4) is 17.6 Å². The van der Waals surface area contributed by atoms with Crippen LogP contribution >= 0.6 is 11.6 Å². The van der Waals surface area contributed by atoms with E-state index in [2.05, 4.69) is 17.2 Å². The second-order valence-corrected chi connectivity index (χ2v) is 6.50. The maximum Gasteiger partial charge on any atom is 0.412 e. The van der Waals surface area contributed by atoms with E-state index in [1.165, 1.54) is 12.5 Å². The zero-order valence-corrected chi connectivity index (χ0v) is 14.3. The lowest BCUT2D eigenvalue weighted by molar-refractivity contribution is 0.0511. The maximum absolute atomic E-state index is 11.8. The van der Waals surface area contributed by atoms with Crippen LogP contribution in [0.4, 0.5) is 4.79 Å². The molecule has 0 saturated heterocycles. The predicted octanol–water partition coefficient (Wildman–Crippen LogP) is 3.75. The highest BCUT2D eigenvalue weighted by atomic mass is 35.5. The van der Waals surface area contributed by atoms with Gasteiger partial charge in [-0.05, 0) is 43.9 Å². The van der Waals surface area contributed by atoms with Gasteiger partial charge in [0.05, 0.1) is 6.26 Å². The van der Waals surface area contributed by atoms with Crippen LogP contribution in [0.25, 0.3) is 0 Å². The van der Waals surface area contributed by atoms with Crippen molar-refractivity contribution in [1.29, 1.82) is 0 Å². The number of ether oxygens (including phenoxy) is 1. The molecule has 0 aliphatic heterocycles. The van der Waals surface area contributed by atoms with Crippen LogP contribution in [0.15, 0.2) is 47.3 Å². The lowest BCUT2D eigenvalue weighted by Crippen LogP contribution is -2.43. The Kier molecular flexibility index (Phi) is 5.32. The molecule has 0 atom stereocenters. The van der Waals surface area contributed by atoms with Crippen molar-refractivity contribution < 1.29 is 19.1 Å². The van der Waals surface area contributed by atoms with E-state index in [9.17, 15) is 9.90 Å². The lowest BCUT2D eigenvalue weighted by atomic mass is 9.82. The van der Waals surface area contributed by atoms with E-state index in [1.807, 2.05) is 12.1 Å². The Morgan fingerprint density at radius 3 is 2.84 bits per heavy atom. The number of carbonyl (C=O) groups excluding carboxylic acids is 1. The third kappa shape index (κ3) is 5.02. The Hall–Kier alpha value is -2.42. The maximum atomic E-state index is 11.8. The van der Waals surface area contributed by atoms with Gasteiger partial charge in [-0.1, -0.05) is 29.5 Å². The Labute approximate surface area is 150 Å². The summed E-state index contributed by atoms with van der Waals surface area (Å²) in [4.78, 5) is 11.8. The fourth-order valence-electron chi connectivity index (χ4n) is 2.73. The quantitative estimate of drug-likeness (QED) is 0.801. The van der Waals surface area contributed by atoms with Gasteiger partial charge in [-0.2, -0.15) is 0 Å². The number of halogens is 1. The van der Waals surface area contributed by atoms with E-state index < -0.39 is 11.7 Å². The fourth-order valence-corrected chi connectivity index (χ4v) is 2.92. The first-order valence-electron chi connectivity index (χ1n) is 8.04. The summed E-state index contributed by atoms with van der Waals surface area (Å²) in [6.07, 6.45) is 4.48. The molecule has 0 spiro atoms. The largest absolute Gasteiger partial charge is 0.469 e. The minimum absolute atomic E-state index is 0.0485. The van der Waals surface area contributed by atoms with Gasteiger partial charge in [0.2, 0.25) is 0 Å². The molecular weight excluding hydrogens is 342 g/mol.